The first-order valence-electron chi connectivity index (χ1n) is 8.74. The molecule has 26 heavy (non-hydrogen) atoms. The second-order valence-corrected chi connectivity index (χ2v) is 6.71. The Labute approximate surface area is 165 Å². The Hall–Kier alpha value is -1.46. The van der Waals surface area contributed by atoms with Crippen molar-refractivity contribution in [2.75, 3.05) is 13.2 Å². The van der Waals surface area contributed by atoms with E-state index in [4.69, 9.17) is 32.7 Å². The van der Waals surface area contributed by atoms with Gasteiger partial charge in [0.05, 0.1) is 13.2 Å². The second-order valence-electron chi connectivity index (χ2n) is 5.87. The maximum absolute atomic E-state index is 9.37. The van der Waals surface area contributed by atoms with E-state index in [1.54, 1.807) is 12.1 Å². The van der Waals surface area contributed by atoms with Crippen LogP contribution in [0.4, 0.5) is 0 Å². The third-order valence-corrected chi connectivity index (χ3v) is 4.63. The number of hydrogen-bond donors (Lipinski definition) is 2. The molecular weight excluding hydrogens is 373 g/mol. The molecule has 1 unspecified atom stereocenters. The lowest BCUT2D eigenvalue weighted by Gasteiger charge is -2.19. The molecule has 0 aromatic heterocycles. The topological polar surface area (TPSA) is 50.7 Å². The molecule has 6 heteroatoms. The Morgan fingerprint density at radius 3 is 2.54 bits per heavy atom. The van der Waals surface area contributed by atoms with Crippen LogP contribution in [-0.2, 0) is 13.2 Å². The zero-order chi connectivity index (χ0) is 18.9. The Balaban J connectivity index is 2.19. The largest absolute Gasteiger partial charge is 0.490 e. The number of para-hydroxylation sites is 1. The quantitative estimate of drug-likeness (QED) is 0.602. The lowest BCUT2D eigenvalue weighted by Crippen LogP contribution is -2.31. The van der Waals surface area contributed by atoms with Crippen LogP contribution in [0.3, 0.4) is 0 Å². The van der Waals surface area contributed by atoms with Crippen LogP contribution in [0.15, 0.2) is 36.4 Å². The average molecular weight is 398 g/mol. The SMILES string of the molecule is CCOc1cccc(CNC(CC)CO)c1OCc1ccc(Cl)cc1Cl. The fraction of sp³-hybridized carbons (Fsp3) is 0.400. The van der Waals surface area contributed by atoms with Gasteiger partial charge in [-0.1, -0.05) is 48.3 Å². The normalized spacial score (nSPS) is 12.0. The van der Waals surface area contributed by atoms with E-state index in [1.807, 2.05) is 38.1 Å². The van der Waals surface area contributed by atoms with Gasteiger partial charge < -0.3 is 19.9 Å². The lowest BCUT2D eigenvalue weighted by atomic mass is 10.1. The van der Waals surface area contributed by atoms with Gasteiger partial charge in [0.25, 0.3) is 0 Å². The van der Waals surface area contributed by atoms with E-state index in [2.05, 4.69) is 5.32 Å². The van der Waals surface area contributed by atoms with E-state index < -0.39 is 0 Å². The smallest absolute Gasteiger partial charge is 0.166 e. The van der Waals surface area contributed by atoms with Gasteiger partial charge in [-0.25, -0.2) is 0 Å². The highest BCUT2D eigenvalue weighted by atomic mass is 35.5. The van der Waals surface area contributed by atoms with Crippen molar-refractivity contribution in [2.24, 2.45) is 0 Å². The maximum Gasteiger partial charge on any atom is 0.166 e. The van der Waals surface area contributed by atoms with Crippen LogP contribution < -0.4 is 14.8 Å². The summed E-state index contributed by atoms with van der Waals surface area (Å²) in [6.45, 7) is 5.49. The summed E-state index contributed by atoms with van der Waals surface area (Å²) in [6, 6.07) is 11.2. The zero-order valence-electron chi connectivity index (χ0n) is 15.1. The standard InChI is InChI=1S/C20H25Cl2NO3/c1-3-17(12-24)23-11-14-6-5-7-19(25-4-2)20(14)26-13-15-8-9-16(21)10-18(15)22/h5-10,17,23-24H,3-4,11-13H2,1-2H3. The molecule has 142 valence electrons. The Morgan fingerprint density at radius 2 is 1.88 bits per heavy atom. The van der Waals surface area contributed by atoms with Crippen molar-refractivity contribution >= 4 is 23.2 Å². The lowest BCUT2D eigenvalue weighted by molar-refractivity contribution is 0.236. The summed E-state index contributed by atoms with van der Waals surface area (Å²) in [5, 5.41) is 13.9. The van der Waals surface area contributed by atoms with Crippen LogP contribution in [0.1, 0.15) is 31.4 Å². The van der Waals surface area contributed by atoms with Crippen LogP contribution >= 0.6 is 23.2 Å². The van der Waals surface area contributed by atoms with Gasteiger partial charge in [-0.3, -0.25) is 0 Å². The number of halogens is 2. The highest BCUT2D eigenvalue weighted by Crippen LogP contribution is 2.33. The monoisotopic (exact) mass is 397 g/mol. The van der Waals surface area contributed by atoms with Crippen molar-refractivity contribution in [1.29, 1.82) is 0 Å². The summed E-state index contributed by atoms with van der Waals surface area (Å²) in [4.78, 5) is 0. The molecule has 2 N–H and O–H groups in total. The molecular formula is C20H25Cl2NO3. The van der Waals surface area contributed by atoms with Crippen molar-refractivity contribution < 1.29 is 14.6 Å². The van der Waals surface area contributed by atoms with Crippen molar-refractivity contribution in [2.45, 2.75) is 39.5 Å². The number of hydrogen-bond acceptors (Lipinski definition) is 4. The first-order valence-corrected chi connectivity index (χ1v) is 9.50. The number of nitrogens with one attached hydrogen (secondary N) is 1. The maximum atomic E-state index is 9.37. The minimum Gasteiger partial charge on any atom is -0.490 e. The number of rotatable bonds is 10. The molecule has 0 aliphatic heterocycles. The first-order chi connectivity index (χ1) is 12.6. The van der Waals surface area contributed by atoms with E-state index in [0.29, 0.717) is 41.3 Å². The van der Waals surface area contributed by atoms with Crippen LogP contribution in [-0.4, -0.2) is 24.4 Å². The van der Waals surface area contributed by atoms with Crippen LogP contribution in [0.5, 0.6) is 11.5 Å². The Kier molecular flexibility index (Phi) is 8.52. The van der Waals surface area contributed by atoms with Gasteiger partial charge in [0, 0.05) is 33.8 Å². The van der Waals surface area contributed by atoms with Crippen molar-refractivity contribution in [1.82, 2.24) is 5.32 Å². The van der Waals surface area contributed by atoms with Gasteiger partial charge in [0.1, 0.15) is 6.61 Å². The van der Waals surface area contributed by atoms with Gasteiger partial charge in [-0.15, -0.1) is 0 Å². The highest BCUT2D eigenvalue weighted by molar-refractivity contribution is 6.35. The van der Waals surface area contributed by atoms with Gasteiger partial charge in [-0.2, -0.15) is 0 Å². The molecule has 4 nitrogen and oxygen atoms in total. The minimum absolute atomic E-state index is 0.0457. The average Bonchev–Trinajstić information content (AvgIpc) is 2.63. The van der Waals surface area contributed by atoms with Crippen molar-refractivity contribution in [3.8, 4) is 11.5 Å². The predicted octanol–water partition coefficient (Wildman–Crippen LogP) is 4.83. The van der Waals surface area contributed by atoms with E-state index in [0.717, 1.165) is 17.5 Å². The second kappa shape index (κ2) is 10.6. The minimum atomic E-state index is 0.0457. The highest BCUT2D eigenvalue weighted by Gasteiger charge is 2.14. The molecule has 0 saturated heterocycles. The van der Waals surface area contributed by atoms with Crippen molar-refractivity contribution in [3.05, 3.63) is 57.6 Å². The fourth-order valence-electron chi connectivity index (χ4n) is 2.51. The van der Waals surface area contributed by atoms with E-state index >= 15 is 0 Å². The van der Waals surface area contributed by atoms with E-state index in [1.165, 1.54) is 0 Å². The summed E-state index contributed by atoms with van der Waals surface area (Å²) >= 11 is 12.2. The third kappa shape index (κ3) is 5.78. The zero-order valence-corrected chi connectivity index (χ0v) is 16.6. The molecule has 0 fully saturated rings. The van der Waals surface area contributed by atoms with Crippen molar-refractivity contribution in [3.63, 3.8) is 0 Å². The molecule has 0 radical (unpaired) electrons. The van der Waals surface area contributed by atoms with E-state index in [-0.39, 0.29) is 12.6 Å². The Bertz CT molecular complexity index is 705. The molecule has 0 bridgehead atoms. The third-order valence-electron chi connectivity index (χ3n) is 4.04. The molecule has 0 aliphatic carbocycles. The summed E-state index contributed by atoms with van der Waals surface area (Å²) in [5.74, 6) is 1.37. The number of benzene rings is 2. The summed E-state index contributed by atoms with van der Waals surface area (Å²) in [7, 11) is 0. The Morgan fingerprint density at radius 1 is 1.08 bits per heavy atom. The molecule has 1 atom stereocenters. The molecule has 0 amide bonds. The molecule has 0 saturated carbocycles. The summed E-state index contributed by atoms with van der Waals surface area (Å²) < 4.78 is 11.8. The van der Waals surface area contributed by atoms with Gasteiger partial charge in [-0.05, 0) is 31.5 Å². The van der Waals surface area contributed by atoms with Crippen LogP contribution in [0, 0.1) is 0 Å². The molecule has 0 spiro atoms. The molecule has 2 aromatic carbocycles. The first kappa shape index (κ1) is 20.8. The summed E-state index contributed by atoms with van der Waals surface area (Å²) in [5.41, 5.74) is 1.82. The van der Waals surface area contributed by atoms with Crippen LogP contribution in [0.25, 0.3) is 0 Å². The summed E-state index contributed by atoms with van der Waals surface area (Å²) in [6.07, 6.45) is 0.845. The van der Waals surface area contributed by atoms with Gasteiger partial charge >= 0.3 is 0 Å². The molecule has 2 aromatic rings. The predicted molar refractivity (Wildman–Crippen MR) is 106 cm³/mol. The number of aliphatic hydroxyl groups is 1. The number of ether oxygens (including phenoxy) is 2. The fourth-order valence-corrected chi connectivity index (χ4v) is 2.98. The van der Waals surface area contributed by atoms with E-state index in [9.17, 15) is 5.11 Å². The van der Waals surface area contributed by atoms with Gasteiger partial charge in [0.15, 0.2) is 11.5 Å². The molecule has 2 rings (SSSR count). The molecule has 0 aliphatic rings. The number of aliphatic hydroxyl groups excluding tert-OH is 1. The van der Waals surface area contributed by atoms with Gasteiger partial charge in [0.2, 0.25) is 0 Å². The molecule has 0 heterocycles. The van der Waals surface area contributed by atoms with Crippen LogP contribution in [0.2, 0.25) is 10.0 Å².